The quantitative estimate of drug-likeness (QED) is 0.726. The van der Waals surface area contributed by atoms with E-state index in [1.165, 1.54) is 17.6 Å². The molecule has 0 amide bonds. The maximum absolute atomic E-state index is 9.19. The third-order valence-electron chi connectivity index (χ3n) is 4.81. The molecule has 1 N–H and O–H groups in total. The van der Waals surface area contributed by atoms with Gasteiger partial charge in [-0.25, -0.2) is 0 Å². The van der Waals surface area contributed by atoms with Crippen LogP contribution in [0.15, 0.2) is 23.3 Å². The minimum atomic E-state index is 0.274. The Morgan fingerprint density at radius 1 is 1.53 bits per heavy atom. The molecule has 0 fully saturated rings. The molecule has 0 saturated heterocycles. The second-order valence-corrected chi connectivity index (χ2v) is 6.33. The van der Waals surface area contributed by atoms with Gasteiger partial charge in [-0.15, -0.1) is 0 Å². The van der Waals surface area contributed by atoms with Gasteiger partial charge in [0.1, 0.15) is 0 Å². The molecular weight excluding hydrogens is 208 g/mol. The first-order valence-corrected chi connectivity index (χ1v) is 6.77. The summed E-state index contributed by atoms with van der Waals surface area (Å²) in [5.74, 6) is 1.44. The molecule has 1 aliphatic carbocycles. The Morgan fingerprint density at radius 2 is 2.12 bits per heavy atom. The average Bonchev–Trinajstić information content (AvgIpc) is 2.52. The molecule has 0 saturated carbocycles. The predicted octanol–water partition coefficient (Wildman–Crippen LogP) is 4.19. The molecule has 0 heterocycles. The highest BCUT2D eigenvalue weighted by molar-refractivity contribution is 5.26. The van der Waals surface area contributed by atoms with Crippen molar-refractivity contribution < 1.29 is 5.11 Å². The molecule has 17 heavy (non-hydrogen) atoms. The van der Waals surface area contributed by atoms with Crippen molar-refractivity contribution in [1.29, 1.82) is 0 Å². The van der Waals surface area contributed by atoms with Gasteiger partial charge in [-0.2, -0.15) is 0 Å². The smallest absolute Gasteiger partial charge is 0.0462 e. The van der Waals surface area contributed by atoms with Crippen LogP contribution in [0.5, 0.6) is 0 Å². The van der Waals surface area contributed by atoms with Gasteiger partial charge in [0.05, 0.1) is 0 Å². The topological polar surface area (TPSA) is 20.2 Å². The molecule has 98 valence electrons. The lowest BCUT2D eigenvalue weighted by molar-refractivity contribution is 0.211. The highest BCUT2D eigenvalue weighted by Crippen LogP contribution is 2.46. The molecule has 1 heteroatoms. The summed E-state index contributed by atoms with van der Waals surface area (Å²) >= 11 is 0. The molecule has 0 radical (unpaired) electrons. The van der Waals surface area contributed by atoms with Gasteiger partial charge in [-0.3, -0.25) is 0 Å². The third kappa shape index (κ3) is 3.01. The van der Waals surface area contributed by atoms with E-state index < -0.39 is 0 Å². The molecule has 3 atom stereocenters. The molecule has 1 rings (SSSR count). The van der Waals surface area contributed by atoms with Crippen LogP contribution >= 0.6 is 0 Å². The highest BCUT2D eigenvalue weighted by atomic mass is 16.3. The van der Waals surface area contributed by atoms with E-state index >= 15 is 0 Å². The highest BCUT2D eigenvalue weighted by Gasteiger charge is 2.35. The van der Waals surface area contributed by atoms with Crippen LogP contribution in [-0.2, 0) is 0 Å². The lowest BCUT2D eigenvalue weighted by Crippen LogP contribution is -2.22. The van der Waals surface area contributed by atoms with Gasteiger partial charge in [-0.1, -0.05) is 51.0 Å². The van der Waals surface area contributed by atoms with Gasteiger partial charge >= 0.3 is 0 Å². The summed E-state index contributed by atoms with van der Waals surface area (Å²) in [6, 6.07) is 0. The van der Waals surface area contributed by atoms with Crippen LogP contribution in [0.1, 0.15) is 48.0 Å². The Morgan fingerprint density at radius 3 is 2.53 bits per heavy atom. The van der Waals surface area contributed by atoms with Crippen molar-refractivity contribution in [2.45, 2.75) is 48.0 Å². The lowest BCUT2D eigenvalue weighted by atomic mass is 9.73. The third-order valence-corrected chi connectivity index (χ3v) is 4.81. The van der Waals surface area contributed by atoms with Crippen LogP contribution in [0.4, 0.5) is 0 Å². The van der Waals surface area contributed by atoms with Gasteiger partial charge in [-0.05, 0) is 43.4 Å². The van der Waals surface area contributed by atoms with Crippen molar-refractivity contribution in [1.82, 2.24) is 0 Å². The maximum atomic E-state index is 9.19. The molecule has 0 aromatic heterocycles. The van der Waals surface area contributed by atoms with Crippen molar-refractivity contribution in [2.75, 3.05) is 6.61 Å². The second kappa shape index (κ2) is 5.39. The SMILES string of the molecule is CC1=CCC(/C(C)=C/C(C)C(C)CO)C1(C)C. The molecule has 0 spiro atoms. The Kier molecular flexibility index (Phi) is 4.60. The van der Waals surface area contributed by atoms with Crippen LogP contribution in [0.3, 0.4) is 0 Å². The van der Waals surface area contributed by atoms with Gasteiger partial charge in [0, 0.05) is 6.61 Å². The number of allylic oxidation sites excluding steroid dienone is 4. The first kappa shape index (κ1) is 14.5. The van der Waals surface area contributed by atoms with Crippen LogP contribution in [-0.4, -0.2) is 11.7 Å². The van der Waals surface area contributed by atoms with E-state index in [0.29, 0.717) is 23.2 Å². The molecule has 0 aromatic carbocycles. The summed E-state index contributed by atoms with van der Waals surface area (Å²) in [6.07, 6.45) is 5.91. The number of aliphatic hydroxyl groups is 1. The number of aliphatic hydroxyl groups excluding tert-OH is 1. The van der Waals surface area contributed by atoms with E-state index in [2.05, 4.69) is 53.7 Å². The van der Waals surface area contributed by atoms with Gasteiger partial charge in [0.2, 0.25) is 0 Å². The molecular formula is C16H28O. The summed E-state index contributed by atoms with van der Waals surface area (Å²) in [7, 11) is 0. The summed E-state index contributed by atoms with van der Waals surface area (Å²) < 4.78 is 0. The van der Waals surface area contributed by atoms with Gasteiger partial charge in [0.15, 0.2) is 0 Å². The standard InChI is InChI=1S/C16H28O/c1-11(13(3)10-17)9-12(2)15-8-7-14(4)16(15,5)6/h7,9,11,13,15,17H,8,10H2,1-6H3/b12-9+. The van der Waals surface area contributed by atoms with E-state index in [-0.39, 0.29) is 6.61 Å². The van der Waals surface area contributed by atoms with Crippen LogP contribution < -0.4 is 0 Å². The van der Waals surface area contributed by atoms with E-state index in [1.54, 1.807) is 0 Å². The fourth-order valence-corrected chi connectivity index (χ4v) is 2.74. The Bertz CT molecular complexity index is 322. The molecule has 1 aliphatic rings. The normalized spacial score (nSPS) is 27.8. The predicted molar refractivity (Wildman–Crippen MR) is 74.8 cm³/mol. The summed E-state index contributed by atoms with van der Waals surface area (Å²) in [4.78, 5) is 0. The lowest BCUT2D eigenvalue weighted by Gasteiger charge is -2.31. The summed E-state index contributed by atoms with van der Waals surface area (Å²) in [5, 5.41) is 9.19. The zero-order valence-electron chi connectivity index (χ0n) is 12.2. The van der Waals surface area contributed by atoms with Crippen molar-refractivity contribution in [3.63, 3.8) is 0 Å². The van der Waals surface area contributed by atoms with E-state index in [1.807, 2.05) is 0 Å². The fourth-order valence-electron chi connectivity index (χ4n) is 2.74. The largest absolute Gasteiger partial charge is 0.396 e. The number of hydrogen-bond donors (Lipinski definition) is 1. The minimum absolute atomic E-state index is 0.274. The van der Waals surface area contributed by atoms with Crippen LogP contribution in [0.2, 0.25) is 0 Å². The zero-order chi connectivity index (χ0) is 13.2. The van der Waals surface area contributed by atoms with Gasteiger partial charge in [0.25, 0.3) is 0 Å². The second-order valence-electron chi connectivity index (χ2n) is 6.33. The van der Waals surface area contributed by atoms with Crippen molar-refractivity contribution in [2.24, 2.45) is 23.2 Å². The Labute approximate surface area is 107 Å². The van der Waals surface area contributed by atoms with E-state index in [0.717, 1.165) is 0 Å². The first-order chi connectivity index (χ1) is 7.80. The molecule has 0 aliphatic heterocycles. The minimum Gasteiger partial charge on any atom is -0.396 e. The molecule has 0 aromatic rings. The van der Waals surface area contributed by atoms with E-state index in [9.17, 15) is 5.11 Å². The van der Waals surface area contributed by atoms with Crippen molar-refractivity contribution >= 4 is 0 Å². The summed E-state index contributed by atoms with van der Waals surface area (Å²) in [5.41, 5.74) is 3.29. The van der Waals surface area contributed by atoms with Crippen molar-refractivity contribution in [3.05, 3.63) is 23.3 Å². The molecule has 1 nitrogen and oxygen atoms in total. The molecule has 3 unspecified atom stereocenters. The van der Waals surface area contributed by atoms with Crippen LogP contribution in [0.25, 0.3) is 0 Å². The fraction of sp³-hybridized carbons (Fsp3) is 0.750. The maximum Gasteiger partial charge on any atom is 0.0462 e. The average molecular weight is 236 g/mol. The zero-order valence-corrected chi connectivity index (χ0v) is 12.2. The van der Waals surface area contributed by atoms with E-state index in [4.69, 9.17) is 0 Å². The Balaban J connectivity index is 2.78. The monoisotopic (exact) mass is 236 g/mol. The number of hydrogen-bond acceptors (Lipinski definition) is 1. The van der Waals surface area contributed by atoms with Gasteiger partial charge < -0.3 is 5.11 Å². The number of rotatable bonds is 4. The Hall–Kier alpha value is -0.560. The molecule has 0 bridgehead atoms. The van der Waals surface area contributed by atoms with Crippen LogP contribution in [0, 0.1) is 23.2 Å². The van der Waals surface area contributed by atoms with Crippen molar-refractivity contribution in [3.8, 4) is 0 Å². The first-order valence-electron chi connectivity index (χ1n) is 6.77. The summed E-state index contributed by atoms with van der Waals surface area (Å²) in [6.45, 7) is 13.8.